The number of hydrogen-bond acceptors (Lipinski definition) is 6. The van der Waals surface area contributed by atoms with E-state index in [1.54, 1.807) is 0 Å². The number of aromatic nitrogens is 2. The van der Waals surface area contributed by atoms with Gasteiger partial charge >= 0.3 is 0 Å². The van der Waals surface area contributed by atoms with Gasteiger partial charge in [0.1, 0.15) is 11.5 Å². The van der Waals surface area contributed by atoms with Crippen molar-refractivity contribution in [2.24, 2.45) is 0 Å². The lowest BCUT2D eigenvalue weighted by atomic mass is 10.2. The number of amides is 1. The molecule has 0 radical (unpaired) electrons. The van der Waals surface area contributed by atoms with Crippen LogP contribution in [0.5, 0.6) is 0 Å². The summed E-state index contributed by atoms with van der Waals surface area (Å²) in [6.45, 7) is 6.08. The number of nitrogen functional groups attached to an aromatic ring is 1. The summed E-state index contributed by atoms with van der Waals surface area (Å²) in [6.07, 6.45) is 2.76. The van der Waals surface area contributed by atoms with Crippen LogP contribution in [0.25, 0.3) is 0 Å². The first-order valence-electron chi connectivity index (χ1n) is 6.38. The topological polar surface area (TPSA) is 93.4 Å². The fourth-order valence-electron chi connectivity index (χ4n) is 1.94. The molecule has 104 valence electrons. The quantitative estimate of drug-likeness (QED) is 0.763. The van der Waals surface area contributed by atoms with E-state index >= 15 is 0 Å². The van der Waals surface area contributed by atoms with Crippen molar-refractivity contribution in [3.8, 4) is 0 Å². The molecule has 2 heterocycles. The summed E-state index contributed by atoms with van der Waals surface area (Å²) < 4.78 is 5.60. The number of likely N-dealkylation sites (N-methyl/N-ethyl adjacent to an activating group) is 1. The summed E-state index contributed by atoms with van der Waals surface area (Å²) in [6, 6.07) is 0. The molecule has 3 N–H and O–H groups in total. The molecule has 1 amide bonds. The first-order chi connectivity index (χ1) is 9.19. The molecule has 1 saturated heterocycles. The second kappa shape index (κ2) is 6.44. The van der Waals surface area contributed by atoms with E-state index in [1.807, 2.05) is 0 Å². The zero-order chi connectivity index (χ0) is 13.7. The number of anilines is 1. The van der Waals surface area contributed by atoms with E-state index in [0.29, 0.717) is 19.0 Å². The van der Waals surface area contributed by atoms with Gasteiger partial charge in [0.2, 0.25) is 0 Å². The van der Waals surface area contributed by atoms with Crippen molar-refractivity contribution >= 4 is 11.7 Å². The van der Waals surface area contributed by atoms with Crippen LogP contribution < -0.4 is 11.1 Å². The number of nitrogens with one attached hydrogen (secondary N) is 1. The zero-order valence-corrected chi connectivity index (χ0v) is 11.0. The largest absolute Gasteiger partial charge is 0.382 e. The maximum Gasteiger partial charge on any atom is 0.271 e. The second-order valence-corrected chi connectivity index (χ2v) is 4.42. The average Bonchev–Trinajstić information content (AvgIpc) is 2.46. The molecule has 0 bridgehead atoms. The van der Waals surface area contributed by atoms with E-state index in [4.69, 9.17) is 10.5 Å². The van der Waals surface area contributed by atoms with Crippen LogP contribution in [0.2, 0.25) is 0 Å². The Labute approximate surface area is 112 Å². The number of morpholine rings is 1. The minimum Gasteiger partial charge on any atom is -0.382 e. The lowest BCUT2D eigenvalue weighted by molar-refractivity contribution is -0.0246. The van der Waals surface area contributed by atoms with Crippen LogP contribution in [0.3, 0.4) is 0 Å². The summed E-state index contributed by atoms with van der Waals surface area (Å²) in [5.74, 6) is 0.0375. The van der Waals surface area contributed by atoms with Gasteiger partial charge in [0.15, 0.2) is 0 Å². The Bertz CT molecular complexity index is 423. The monoisotopic (exact) mass is 265 g/mol. The number of carbonyl (C=O) groups is 1. The van der Waals surface area contributed by atoms with Gasteiger partial charge < -0.3 is 15.8 Å². The first-order valence-corrected chi connectivity index (χ1v) is 6.38. The number of nitrogens with zero attached hydrogens (tertiary/aromatic N) is 3. The van der Waals surface area contributed by atoms with Crippen LogP contribution in [0.1, 0.15) is 17.4 Å². The van der Waals surface area contributed by atoms with Crippen molar-refractivity contribution < 1.29 is 9.53 Å². The highest BCUT2D eigenvalue weighted by atomic mass is 16.5. The van der Waals surface area contributed by atoms with Crippen molar-refractivity contribution in [1.29, 1.82) is 0 Å². The molecule has 1 aliphatic heterocycles. The molecule has 0 saturated carbocycles. The molecule has 7 nitrogen and oxygen atoms in total. The fourth-order valence-corrected chi connectivity index (χ4v) is 1.94. The van der Waals surface area contributed by atoms with Crippen LogP contribution in [-0.4, -0.2) is 59.7 Å². The molecule has 19 heavy (non-hydrogen) atoms. The van der Waals surface area contributed by atoms with Gasteiger partial charge in [-0.15, -0.1) is 0 Å². The van der Waals surface area contributed by atoms with Crippen LogP contribution in [0, 0.1) is 0 Å². The van der Waals surface area contributed by atoms with Gasteiger partial charge in [-0.25, -0.2) is 9.97 Å². The summed E-state index contributed by atoms with van der Waals surface area (Å²) in [5, 5.41) is 2.80. The number of nitrogens with two attached hydrogens (primary N) is 1. The van der Waals surface area contributed by atoms with E-state index in [-0.39, 0.29) is 17.7 Å². The van der Waals surface area contributed by atoms with E-state index in [1.165, 1.54) is 12.4 Å². The highest BCUT2D eigenvalue weighted by Gasteiger charge is 2.20. The number of rotatable bonds is 4. The Morgan fingerprint density at radius 3 is 3.11 bits per heavy atom. The van der Waals surface area contributed by atoms with Gasteiger partial charge in [-0.1, -0.05) is 6.92 Å². The molecule has 1 atom stereocenters. The molecule has 1 aliphatic rings. The van der Waals surface area contributed by atoms with Crippen molar-refractivity contribution in [2.75, 3.05) is 38.5 Å². The minimum atomic E-state index is -0.260. The van der Waals surface area contributed by atoms with E-state index in [9.17, 15) is 4.79 Å². The smallest absolute Gasteiger partial charge is 0.271 e. The third-order valence-corrected chi connectivity index (χ3v) is 3.06. The standard InChI is InChI=1S/C12H19N5O2/c1-2-17-3-4-19-9(8-17)5-16-12(18)10-6-15-11(13)7-14-10/h6-7,9H,2-5,8H2,1H3,(H2,13,15)(H,16,18). The fraction of sp³-hybridized carbons (Fsp3) is 0.583. The average molecular weight is 265 g/mol. The third-order valence-electron chi connectivity index (χ3n) is 3.06. The molecule has 0 spiro atoms. The van der Waals surface area contributed by atoms with Gasteiger partial charge in [0.05, 0.1) is 25.1 Å². The second-order valence-electron chi connectivity index (χ2n) is 4.42. The molecule has 1 unspecified atom stereocenters. The molecule has 1 fully saturated rings. The first kappa shape index (κ1) is 13.7. The van der Waals surface area contributed by atoms with Gasteiger partial charge in [0.25, 0.3) is 5.91 Å². The van der Waals surface area contributed by atoms with Crippen molar-refractivity contribution in [3.63, 3.8) is 0 Å². The van der Waals surface area contributed by atoms with E-state index < -0.39 is 0 Å². The summed E-state index contributed by atoms with van der Waals surface area (Å²) >= 11 is 0. The Balaban J connectivity index is 1.81. The molecule has 0 aliphatic carbocycles. The Hall–Kier alpha value is -1.73. The summed E-state index contributed by atoms with van der Waals surface area (Å²) in [7, 11) is 0. The number of hydrogen-bond donors (Lipinski definition) is 2. The van der Waals surface area contributed by atoms with E-state index in [2.05, 4.69) is 27.1 Å². The van der Waals surface area contributed by atoms with Crippen molar-refractivity contribution in [2.45, 2.75) is 13.0 Å². The van der Waals surface area contributed by atoms with Gasteiger partial charge in [0, 0.05) is 19.6 Å². The normalized spacial score (nSPS) is 20.2. The Morgan fingerprint density at radius 1 is 1.58 bits per heavy atom. The molecule has 0 aromatic carbocycles. The maximum atomic E-state index is 11.8. The third kappa shape index (κ3) is 3.87. The molecular weight excluding hydrogens is 246 g/mol. The van der Waals surface area contributed by atoms with Crippen LogP contribution >= 0.6 is 0 Å². The predicted molar refractivity (Wildman–Crippen MR) is 70.6 cm³/mol. The molecule has 2 rings (SSSR count). The van der Waals surface area contributed by atoms with Gasteiger partial charge in [-0.05, 0) is 6.54 Å². The Kier molecular flexibility index (Phi) is 4.64. The predicted octanol–water partition coefficient (Wildman–Crippen LogP) is -0.491. The Morgan fingerprint density at radius 2 is 2.42 bits per heavy atom. The number of ether oxygens (including phenoxy) is 1. The van der Waals surface area contributed by atoms with Gasteiger partial charge in [-0.2, -0.15) is 0 Å². The van der Waals surface area contributed by atoms with Crippen LogP contribution in [0.4, 0.5) is 5.82 Å². The highest BCUT2D eigenvalue weighted by molar-refractivity contribution is 5.91. The summed E-state index contributed by atoms with van der Waals surface area (Å²) in [4.78, 5) is 21.9. The SMILES string of the molecule is CCN1CCOC(CNC(=O)c2cnc(N)cn2)C1. The maximum absolute atomic E-state index is 11.8. The van der Waals surface area contributed by atoms with Gasteiger partial charge in [-0.3, -0.25) is 9.69 Å². The zero-order valence-electron chi connectivity index (χ0n) is 11.0. The molecule has 1 aromatic heterocycles. The minimum absolute atomic E-state index is 0.0272. The van der Waals surface area contributed by atoms with E-state index in [0.717, 1.165) is 19.6 Å². The van der Waals surface area contributed by atoms with Crippen molar-refractivity contribution in [3.05, 3.63) is 18.1 Å². The van der Waals surface area contributed by atoms with Crippen LogP contribution in [0.15, 0.2) is 12.4 Å². The lowest BCUT2D eigenvalue weighted by Crippen LogP contribution is -2.47. The number of carbonyl (C=O) groups excluding carboxylic acids is 1. The van der Waals surface area contributed by atoms with Crippen LogP contribution in [-0.2, 0) is 4.74 Å². The summed E-state index contributed by atoms with van der Waals surface area (Å²) in [5.41, 5.74) is 5.68. The lowest BCUT2D eigenvalue weighted by Gasteiger charge is -2.32. The highest BCUT2D eigenvalue weighted by Crippen LogP contribution is 2.04. The molecule has 1 aromatic rings. The molecule has 7 heteroatoms. The molecular formula is C12H19N5O2. The van der Waals surface area contributed by atoms with Crippen molar-refractivity contribution in [1.82, 2.24) is 20.2 Å².